The lowest BCUT2D eigenvalue weighted by atomic mass is 10.0. The van der Waals surface area contributed by atoms with E-state index in [0.717, 1.165) is 5.56 Å². The van der Waals surface area contributed by atoms with Gasteiger partial charge in [-0.1, -0.05) is 44.2 Å². The monoisotopic (exact) mass is 489 g/mol. The second kappa shape index (κ2) is 15.3. The van der Waals surface area contributed by atoms with E-state index >= 15 is 0 Å². The van der Waals surface area contributed by atoms with Crippen LogP contribution in [0, 0.1) is 5.92 Å². The normalized spacial score (nSPS) is 13.3. The number of rotatable bonds is 15. The van der Waals surface area contributed by atoms with Crippen molar-refractivity contribution in [2.24, 2.45) is 28.1 Å². The van der Waals surface area contributed by atoms with Crippen molar-refractivity contribution in [2.75, 3.05) is 6.54 Å². The lowest BCUT2D eigenvalue weighted by Gasteiger charge is -2.23. The summed E-state index contributed by atoms with van der Waals surface area (Å²) in [6.45, 7) is 5.59. The Morgan fingerprint density at radius 3 is 2.11 bits per heavy atom. The molecule has 11 heteroatoms. The predicted octanol–water partition coefficient (Wildman–Crippen LogP) is -0.321. The molecule has 0 aromatic heterocycles. The molecular formula is C24H39N7O4. The van der Waals surface area contributed by atoms with E-state index in [1.807, 2.05) is 44.2 Å². The van der Waals surface area contributed by atoms with E-state index in [4.69, 9.17) is 17.2 Å². The molecule has 194 valence electrons. The maximum absolute atomic E-state index is 12.9. The van der Waals surface area contributed by atoms with Crippen LogP contribution in [0.4, 0.5) is 0 Å². The number of carbonyl (C=O) groups excluding carboxylic acids is 4. The van der Waals surface area contributed by atoms with Gasteiger partial charge in [0.1, 0.15) is 18.1 Å². The fraction of sp³-hybridized carbons (Fsp3) is 0.542. The molecule has 11 nitrogen and oxygen atoms in total. The summed E-state index contributed by atoms with van der Waals surface area (Å²) < 4.78 is 0. The van der Waals surface area contributed by atoms with Gasteiger partial charge in [0.25, 0.3) is 0 Å². The summed E-state index contributed by atoms with van der Waals surface area (Å²) in [5.74, 6) is -1.93. The van der Waals surface area contributed by atoms with E-state index in [2.05, 4.69) is 20.9 Å². The van der Waals surface area contributed by atoms with E-state index in [1.165, 1.54) is 6.92 Å². The van der Waals surface area contributed by atoms with Crippen molar-refractivity contribution in [3.05, 3.63) is 35.9 Å². The van der Waals surface area contributed by atoms with Gasteiger partial charge in [0, 0.05) is 13.0 Å². The molecule has 0 saturated heterocycles. The Balaban J connectivity index is 2.75. The fourth-order valence-electron chi connectivity index (χ4n) is 3.34. The van der Waals surface area contributed by atoms with E-state index in [1.54, 1.807) is 0 Å². The zero-order chi connectivity index (χ0) is 26.4. The average Bonchev–Trinajstić information content (AvgIpc) is 2.79. The molecule has 0 radical (unpaired) electrons. The zero-order valence-electron chi connectivity index (χ0n) is 20.8. The summed E-state index contributed by atoms with van der Waals surface area (Å²) in [5.41, 5.74) is 17.1. The van der Waals surface area contributed by atoms with Crippen LogP contribution in [0.1, 0.15) is 52.0 Å². The third-order valence-corrected chi connectivity index (χ3v) is 5.20. The lowest BCUT2D eigenvalue weighted by molar-refractivity contribution is -0.133. The third kappa shape index (κ3) is 12.4. The van der Waals surface area contributed by atoms with Crippen LogP contribution in [-0.4, -0.2) is 54.3 Å². The molecule has 35 heavy (non-hydrogen) atoms. The molecule has 0 aliphatic heterocycles. The first-order valence-corrected chi connectivity index (χ1v) is 11.8. The van der Waals surface area contributed by atoms with Gasteiger partial charge < -0.3 is 33.2 Å². The summed E-state index contributed by atoms with van der Waals surface area (Å²) in [6.07, 6.45) is 1.82. The van der Waals surface area contributed by atoms with Crippen molar-refractivity contribution >= 4 is 29.6 Å². The van der Waals surface area contributed by atoms with Crippen molar-refractivity contribution < 1.29 is 19.2 Å². The summed E-state index contributed by atoms with van der Waals surface area (Å²) in [6, 6.07) is 6.86. The Hall–Kier alpha value is -3.63. The molecular weight excluding hydrogens is 450 g/mol. The number of nitrogens with two attached hydrogens (primary N) is 3. The molecule has 0 bridgehead atoms. The summed E-state index contributed by atoms with van der Waals surface area (Å²) in [4.78, 5) is 53.5. The van der Waals surface area contributed by atoms with Crippen LogP contribution >= 0.6 is 0 Å². The van der Waals surface area contributed by atoms with Gasteiger partial charge in [0.2, 0.25) is 23.6 Å². The maximum atomic E-state index is 12.9. The Bertz CT molecular complexity index is 870. The van der Waals surface area contributed by atoms with Crippen LogP contribution in [0.5, 0.6) is 0 Å². The van der Waals surface area contributed by atoms with Crippen LogP contribution in [0.2, 0.25) is 0 Å². The highest BCUT2D eigenvalue weighted by atomic mass is 16.2. The summed E-state index contributed by atoms with van der Waals surface area (Å²) in [7, 11) is 0. The number of guanidine groups is 1. The van der Waals surface area contributed by atoms with Crippen molar-refractivity contribution in [1.29, 1.82) is 0 Å². The zero-order valence-corrected chi connectivity index (χ0v) is 20.8. The largest absolute Gasteiger partial charge is 0.370 e. The van der Waals surface area contributed by atoms with E-state index in [0.29, 0.717) is 19.3 Å². The highest BCUT2D eigenvalue weighted by Gasteiger charge is 2.26. The van der Waals surface area contributed by atoms with Gasteiger partial charge in [-0.2, -0.15) is 0 Å². The van der Waals surface area contributed by atoms with Crippen LogP contribution in [0.3, 0.4) is 0 Å². The molecule has 0 unspecified atom stereocenters. The first-order valence-electron chi connectivity index (χ1n) is 11.8. The first kappa shape index (κ1) is 29.4. The van der Waals surface area contributed by atoms with Crippen molar-refractivity contribution in [2.45, 2.75) is 71.0 Å². The molecule has 0 spiro atoms. The standard InChI is InChI=1S/C24H39N7O4/c1-15(2)14-19(21(25)33)31-22(34)16(3)29-23(35)18(10-7-13-28-24(26)27)30-20(32)12-11-17-8-5-4-6-9-17/h4-6,8-9,15-16,18-19H,7,10-14H2,1-3H3,(H2,25,33)(H,29,35)(H,30,32)(H,31,34)(H4,26,27,28)/t16-,18-,19-/m0/s1. The third-order valence-electron chi connectivity index (χ3n) is 5.20. The second-order valence-electron chi connectivity index (χ2n) is 8.88. The molecule has 1 aromatic rings. The molecule has 1 aromatic carbocycles. The number of aliphatic imine (C=N–C) groups is 1. The molecule has 3 atom stereocenters. The van der Waals surface area contributed by atoms with Gasteiger partial charge in [-0.05, 0) is 44.1 Å². The van der Waals surface area contributed by atoms with E-state index in [-0.39, 0.29) is 37.2 Å². The smallest absolute Gasteiger partial charge is 0.243 e. The Labute approximate surface area is 206 Å². The van der Waals surface area contributed by atoms with Crippen LogP contribution in [0.15, 0.2) is 35.3 Å². The Morgan fingerprint density at radius 2 is 1.54 bits per heavy atom. The fourth-order valence-corrected chi connectivity index (χ4v) is 3.34. The maximum Gasteiger partial charge on any atom is 0.243 e. The molecule has 1 rings (SSSR count). The van der Waals surface area contributed by atoms with Gasteiger partial charge >= 0.3 is 0 Å². The first-order chi connectivity index (χ1) is 16.5. The van der Waals surface area contributed by atoms with Crippen LogP contribution in [-0.2, 0) is 25.6 Å². The molecule has 0 saturated carbocycles. The van der Waals surface area contributed by atoms with E-state index in [9.17, 15) is 19.2 Å². The molecule has 0 heterocycles. The van der Waals surface area contributed by atoms with Crippen molar-refractivity contribution in [1.82, 2.24) is 16.0 Å². The SMILES string of the molecule is CC(C)C[C@H](NC(=O)[C@H](C)NC(=O)[C@H](CCCN=C(N)N)NC(=O)CCc1ccccc1)C(N)=O. The topological polar surface area (TPSA) is 195 Å². The highest BCUT2D eigenvalue weighted by molar-refractivity contribution is 5.93. The minimum atomic E-state index is -0.946. The second-order valence-corrected chi connectivity index (χ2v) is 8.88. The van der Waals surface area contributed by atoms with Gasteiger partial charge in [-0.25, -0.2) is 0 Å². The number of carbonyl (C=O) groups is 4. The van der Waals surface area contributed by atoms with Crippen LogP contribution < -0.4 is 33.2 Å². The molecule has 0 aliphatic carbocycles. The number of hydrogen-bond donors (Lipinski definition) is 6. The molecule has 0 fully saturated rings. The lowest BCUT2D eigenvalue weighted by Crippen LogP contribution is -2.55. The Morgan fingerprint density at radius 1 is 0.886 bits per heavy atom. The minimum Gasteiger partial charge on any atom is -0.370 e. The number of hydrogen-bond acceptors (Lipinski definition) is 5. The Kier molecular flexibility index (Phi) is 12.9. The number of primary amides is 1. The van der Waals surface area contributed by atoms with Gasteiger partial charge in [0.05, 0.1) is 0 Å². The number of nitrogens with one attached hydrogen (secondary N) is 3. The molecule has 0 aliphatic rings. The minimum absolute atomic E-state index is 0.0615. The number of nitrogens with zero attached hydrogens (tertiary/aromatic N) is 1. The summed E-state index contributed by atoms with van der Waals surface area (Å²) in [5, 5.41) is 7.91. The average molecular weight is 490 g/mol. The molecule has 4 amide bonds. The van der Waals surface area contributed by atoms with Gasteiger partial charge in [-0.3, -0.25) is 24.2 Å². The van der Waals surface area contributed by atoms with Crippen molar-refractivity contribution in [3.63, 3.8) is 0 Å². The van der Waals surface area contributed by atoms with Crippen LogP contribution in [0.25, 0.3) is 0 Å². The molecule has 9 N–H and O–H groups in total. The van der Waals surface area contributed by atoms with Gasteiger partial charge in [0.15, 0.2) is 5.96 Å². The predicted molar refractivity (Wildman–Crippen MR) is 135 cm³/mol. The van der Waals surface area contributed by atoms with Crippen molar-refractivity contribution in [3.8, 4) is 0 Å². The van der Waals surface area contributed by atoms with Gasteiger partial charge in [-0.15, -0.1) is 0 Å². The highest BCUT2D eigenvalue weighted by Crippen LogP contribution is 2.06. The summed E-state index contributed by atoms with van der Waals surface area (Å²) >= 11 is 0. The number of aryl methyl sites for hydroxylation is 1. The van der Waals surface area contributed by atoms with E-state index < -0.39 is 35.8 Å². The quantitative estimate of drug-likeness (QED) is 0.111. The number of amides is 4. The number of benzene rings is 1.